The van der Waals surface area contributed by atoms with Crippen LogP contribution in [-0.2, 0) is 0 Å². The summed E-state index contributed by atoms with van der Waals surface area (Å²) in [5.74, 6) is 0.0224. The van der Waals surface area contributed by atoms with Crippen molar-refractivity contribution in [2.45, 2.75) is 13.3 Å². The van der Waals surface area contributed by atoms with E-state index in [0.29, 0.717) is 31.7 Å². The lowest BCUT2D eigenvalue weighted by Gasteiger charge is -2.20. The summed E-state index contributed by atoms with van der Waals surface area (Å²) in [6.45, 7) is 4.36. The molecule has 1 aromatic carbocycles. The van der Waals surface area contributed by atoms with Crippen LogP contribution < -0.4 is 0 Å². The average molecular weight is 311 g/mol. The van der Waals surface area contributed by atoms with E-state index in [4.69, 9.17) is 0 Å². The van der Waals surface area contributed by atoms with Crippen molar-refractivity contribution < 1.29 is 10.0 Å². The van der Waals surface area contributed by atoms with Crippen molar-refractivity contribution in [1.82, 2.24) is 14.9 Å². The third kappa shape index (κ3) is 3.75. The molecule has 5 nitrogen and oxygen atoms in total. The molecule has 23 heavy (non-hydrogen) atoms. The largest absolute Gasteiger partial charge is 0.337 e. The molecule has 1 amide bonds. The van der Waals surface area contributed by atoms with Gasteiger partial charge in [-0.05, 0) is 42.7 Å². The maximum Gasteiger partial charge on any atom is 0.253 e. The van der Waals surface area contributed by atoms with Gasteiger partial charge in [0.05, 0.1) is 0 Å². The SMILES string of the molecule is Cc1cncc(-c2ccc(C(=O)N3CCCN(O)CC3)cc2)c1. The van der Waals surface area contributed by atoms with E-state index in [9.17, 15) is 10.0 Å². The molecular formula is C18H21N3O2. The second-order valence-corrected chi connectivity index (χ2v) is 5.93. The first-order chi connectivity index (χ1) is 11.1. The Kier molecular flexibility index (Phi) is 4.69. The predicted molar refractivity (Wildman–Crippen MR) is 88.3 cm³/mol. The quantitative estimate of drug-likeness (QED) is 0.926. The standard InChI is InChI=1S/C18H21N3O2/c1-14-11-17(13-19-12-14)15-3-5-16(6-4-15)18(22)20-7-2-8-21(23)10-9-20/h3-6,11-13,23H,2,7-10H2,1H3. The zero-order chi connectivity index (χ0) is 16.2. The molecule has 3 rings (SSSR count). The third-order valence-electron chi connectivity index (χ3n) is 4.10. The molecule has 120 valence electrons. The van der Waals surface area contributed by atoms with Crippen molar-refractivity contribution in [3.8, 4) is 11.1 Å². The molecule has 2 aromatic rings. The molecule has 0 spiro atoms. The van der Waals surface area contributed by atoms with Crippen LogP contribution in [0.25, 0.3) is 11.1 Å². The minimum absolute atomic E-state index is 0.0224. The summed E-state index contributed by atoms with van der Waals surface area (Å²) in [4.78, 5) is 18.6. The fraction of sp³-hybridized carbons (Fsp3) is 0.333. The van der Waals surface area contributed by atoms with E-state index in [1.165, 1.54) is 5.06 Å². The van der Waals surface area contributed by atoms with Crippen LogP contribution in [0.1, 0.15) is 22.3 Å². The molecule has 0 bridgehead atoms. The van der Waals surface area contributed by atoms with Crippen LogP contribution in [0.3, 0.4) is 0 Å². The topological polar surface area (TPSA) is 56.7 Å². The Morgan fingerprint density at radius 3 is 2.57 bits per heavy atom. The Morgan fingerprint density at radius 2 is 1.83 bits per heavy atom. The Morgan fingerprint density at radius 1 is 1.04 bits per heavy atom. The number of benzene rings is 1. The Hall–Kier alpha value is -2.24. The number of rotatable bonds is 2. The Balaban J connectivity index is 1.75. The molecule has 1 aliphatic rings. The van der Waals surface area contributed by atoms with Gasteiger partial charge in [-0.25, -0.2) is 0 Å². The number of carbonyl (C=O) groups excluding carboxylic acids is 1. The summed E-state index contributed by atoms with van der Waals surface area (Å²) in [6.07, 6.45) is 4.44. The number of hydroxylamine groups is 2. The third-order valence-corrected chi connectivity index (χ3v) is 4.10. The fourth-order valence-corrected chi connectivity index (χ4v) is 2.81. The summed E-state index contributed by atoms with van der Waals surface area (Å²) >= 11 is 0. The first kappa shape index (κ1) is 15.6. The molecule has 5 heteroatoms. The molecule has 1 aliphatic heterocycles. The summed E-state index contributed by atoms with van der Waals surface area (Å²) in [6, 6.07) is 9.72. The van der Waals surface area contributed by atoms with E-state index >= 15 is 0 Å². The minimum Gasteiger partial charge on any atom is -0.337 e. The lowest BCUT2D eigenvalue weighted by Crippen LogP contribution is -2.34. The Labute approximate surface area is 136 Å². The molecule has 0 aliphatic carbocycles. The number of nitrogens with zero attached hydrogens (tertiary/aromatic N) is 3. The number of hydrogen-bond donors (Lipinski definition) is 1. The van der Waals surface area contributed by atoms with Gasteiger partial charge in [-0.1, -0.05) is 12.1 Å². The summed E-state index contributed by atoms with van der Waals surface area (Å²) in [5.41, 5.74) is 3.89. The van der Waals surface area contributed by atoms with Gasteiger partial charge in [0.2, 0.25) is 0 Å². The van der Waals surface area contributed by atoms with Crippen molar-refractivity contribution in [2.24, 2.45) is 0 Å². The van der Waals surface area contributed by atoms with Gasteiger partial charge in [0.25, 0.3) is 5.91 Å². The number of carbonyl (C=O) groups is 1. The molecule has 0 saturated carbocycles. The molecular weight excluding hydrogens is 290 g/mol. The first-order valence-corrected chi connectivity index (χ1v) is 7.89. The van der Waals surface area contributed by atoms with Crippen LogP contribution in [0.15, 0.2) is 42.7 Å². The van der Waals surface area contributed by atoms with Gasteiger partial charge in [-0.3, -0.25) is 9.78 Å². The van der Waals surface area contributed by atoms with Crippen molar-refractivity contribution in [1.29, 1.82) is 0 Å². The average Bonchev–Trinajstić information content (AvgIpc) is 2.79. The molecule has 0 atom stereocenters. The van der Waals surface area contributed by atoms with Crippen molar-refractivity contribution in [3.63, 3.8) is 0 Å². The number of hydrogen-bond acceptors (Lipinski definition) is 4. The van der Waals surface area contributed by atoms with Crippen LogP contribution in [0.5, 0.6) is 0 Å². The van der Waals surface area contributed by atoms with Crippen LogP contribution in [0.4, 0.5) is 0 Å². The highest BCUT2D eigenvalue weighted by molar-refractivity contribution is 5.94. The van der Waals surface area contributed by atoms with Gasteiger partial charge in [0.15, 0.2) is 0 Å². The van der Waals surface area contributed by atoms with Crippen LogP contribution in [-0.4, -0.2) is 52.2 Å². The maximum atomic E-state index is 12.6. The van der Waals surface area contributed by atoms with Gasteiger partial charge in [-0.15, -0.1) is 0 Å². The van der Waals surface area contributed by atoms with Crippen molar-refractivity contribution in [3.05, 3.63) is 53.9 Å². The highest BCUT2D eigenvalue weighted by atomic mass is 16.5. The monoisotopic (exact) mass is 311 g/mol. The second-order valence-electron chi connectivity index (χ2n) is 5.93. The zero-order valence-corrected chi connectivity index (χ0v) is 13.3. The molecule has 1 fully saturated rings. The molecule has 1 N–H and O–H groups in total. The normalized spacial score (nSPS) is 16.2. The summed E-state index contributed by atoms with van der Waals surface area (Å²) < 4.78 is 0. The van der Waals surface area contributed by atoms with Gasteiger partial charge in [0.1, 0.15) is 0 Å². The van der Waals surface area contributed by atoms with Gasteiger partial charge >= 0.3 is 0 Å². The van der Waals surface area contributed by atoms with E-state index < -0.39 is 0 Å². The molecule has 0 unspecified atom stereocenters. The lowest BCUT2D eigenvalue weighted by molar-refractivity contribution is -0.0858. The van der Waals surface area contributed by atoms with E-state index in [-0.39, 0.29) is 5.91 Å². The second kappa shape index (κ2) is 6.89. The first-order valence-electron chi connectivity index (χ1n) is 7.89. The number of aromatic nitrogens is 1. The smallest absolute Gasteiger partial charge is 0.253 e. The zero-order valence-electron chi connectivity index (χ0n) is 13.3. The van der Waals surface area contributed by atoms with Crippen LogP contribution >= 0.6 is 0 Å². The van der Waals surface area contributed by atoms with Crippen molar-refractivity contribution >= 4 is 5.91 Å². The molecule has 2 heterocycles. The van der Waals surface area contributed by atoms with Gasteiger partial charge in [0, 0.05) is 49.7 Å². The highest BCUT2D eigenvalue weighted by Crippen LogP contribution is 2.20. The Bertz CT molecular complexity index is 685. The number of amides is 1. The molecule has 1 aromatic heterocycles. The summed E-state index contributed by atoms with van der Waals surface area (Å²) in [7, 11) is 0. The van der Waals surface area contributed by atoms with Gasteiger partial charge < -0.3 is 10.1 Å². The van der Waals surface area contributed by atoms with Crippen LogP contribution in [0.2, 0.25) is 0 Å². The van der Waals surface area contributed by atoms with E-state index in [1.54, 1.807) is 4.90 Å². The van der Waals surface area contributed by atoms with Crippen LogP contribution in [0, 0.1) is 6.92 Å². The maximum absolute atomic E-state index is 12.6. The lowest BCUT2D eigenvalue weighted by atomic mass is 10.0. The van der Waals surface area contributed by atoms with E-state index in [2.05, 4.69) is 11.1 Å². The molecule has 0 radical (unpaired) electrons. The van der Waals surface area contributed by atoms with Gasteiger partial charge in [-0.2, -0.15) is 5.06 Å². The molecule has 1 saturated heterocycles. The van der Waals surface area contributed by atoms with E-state index in [0.717, 1.165) is 23.1 Å². The van der Waals surface area contributed by atoms with E-state index in [1.807, 2.05) is 43.6 Å². The highest BCUT2D eigenvalue weighted by Gasteiger charge is 2.19. The number of aryl methyl sites for hydroxylation is 1. The number of pyridine rings is 1. The minimum atomic E-state index is 0.0224. The predicted octanol–water partition coefficient (Wildman–Crippen LogP) is 2.59. The van der Waals surface area contributed by atoms with Crippen molar-refractivity contribution in [2.75, 3.05) is 26.2 Å². The summed E-state index contributed by atoms with van der Waals surface area (Å²) in [5, 5.41) is 10.8. The fourth-order valence-electron chi connectivity index (χ4n) is 2.81.